The molecule has 3 rings (SSSR count). The van der Waals surface area contributed by atoms with Crippen LogP contribution in [0.4, 0.5) is 5.69 Å². The zero-order valence-corrected chi connectivity index (χ0v) is 15.9. The molecule has 26 heavy (non-hydrogen) atoms. The first-order chi connectivity index (χ1) is 12.5. The number of thioether (sulfide) groups is 1. The Hall–Kier alpha value is -2.37. The Morgan fingerprint density at radius 1 is 1.04 bits per heavy atom. The number of hydrogen-bond acceptors (Lipinski definition) is 4. The molecule has 0 aliphatic heterocycles. The number of nitrogens with two attached hydrogens (primary N) is 1. The molecule has 0 unspecified atom stereocenters. The Labute approximate surface area is 161 Å². The van der Waals surface area contributed by atoms with E-state index < -0.39 is 5.97 Å². The van der Waals surface area contributed by atoms with Crippen LogP contribution in [0.2, 0.25) is 0 Å². The van der Waals surface area contributed by atoms with E-state index in [9.17, 15) is 9.90 Å². The lowest BCUT2D eigenvalue weighted by Crippen LogP contribution is -2.01. The first-order valence-electron chi connectivity index (χ1n) is 8.11. The van der Waals surface area contributed by atoms with Gasteiger partial charge in [-0.15, -0.1) is 11.8 Å². The average molecular weight is 382 g/mol. The average Bonchev–Trinajstić information content (AvgIpc) is 2.64. The van der Waals surface area contributed by atoms with Crippen LogP contribution in [0.3, 0.4) is 0 Å². The van der Waals surface area contributed by atoms with Gasteiger partial charge in [0.1, 0.15) is 0 Å². The van der Waals surface area contributed by atoms with E-state index in [0.29, 0.717) is 5.69 Å². The number of anilines is 1. The maximum atomic E-state index is 11.4. The largest absolute Gasteiger partial charge is 0.478 e. The quantitative estimate of drug-likeness (QED) is 0.422. The SMILES string of the molecule is Cc1ccc(Sc2c(N)cc(C(=O)O)cc2SCc2ccccc2)cc1. The second kappa shape index (κ2) is 8.34. The molecule has 3 nitrogen and oxygen atoms in total. The van der Waals surface area contributed by atoms with Gasteiger partial charge in [0.05, 0.1) is 5.56 Å². The summed E-state index contributed by atoms with van der Waals surface area (Å²) in [6, 6.07) is 21.6. The van der Waals surface area contributed by atoms with Crippen molar-refractivity contribution in [2.45, 2.75) is 27.4 Å². The van der Waals surface area contributed by atoms with Crippen LogP contribution in [-0.4, -0.2) is 11.1 Å². The van der Waals surface area contributed by atoms with Crippen molar-refractivity contribution in [3.8, 4) is 0 Å². The number of aryl methyl sites for hydroxylation is 1. The van der Waals surface area contributed by atoms with Crippen molar-refractivity contribution in [1.29, 1.82) is 0 Å². The molecule has 0 saturated heterocycles. The molecule has 3 aromatic carbocycles. The molecule has 0 spiro atoms. The molecule has 0 aliphatic carbocycles. The number of carboxylic acids is 1. The minimum absolute atomic E-state index is 0.214. The molecule has 132 valence electrons. The van der Waals surface area contributed by atoms with Gasteiger partial charge in [-0.05, 0) is 36.8 Å². The van der Waals surface area contributed by atoms with Crippen molar-refractivity contribution in [3.05, 3.63) is 83.4 Å². The maximum absolute atomic E-state index is 11.4. The zero-order valence-electron chi connectivity index (χ0n) is 14.3. The third-order valence-corrected chi connectivity index (χ3v) is 6.22. The molecule has 0 heterocycles. The minimum Gasteiger partial charge on any atom is -0.478 e. The number of rotatable bonds is 6. The smallest absolute Gasteiger partial charge is 0.335 e. The van der Waals surface area contributed by atoms with Gasteiger partial charge in [0.25, 0.3) is 0 Å². The normalized spacial score (nSPS) is 10.7. The van der Waals surface area contributed by atoms with E-state index in [2.05, 4.69) is 36.4 Å². The van der Waals surface area contributed by atoms with Gasteiger partial charge in [0, 0.05) is 26.1 Å². The molecule has 0 aromatic heterocycles. The minimum atomic E-state index is -0.967. The highest BCUT2D eigenvalue weighted by molar-refractivity contribution is 8.02. The van der Waals surface area contributed by atoms with Crippen molar-refractivity contribution < 1.29 is 9.90 Å². The van der Waals surface area contributed by atoms with Crippen LogP contribution in [0, 0.1) is 6.92 Å². The molecule has 5 heteroatoms. The van der Waals surface area contributed by atoms with Crippen LogP contribution in [0.5, 0.6) is 0 Å². The zero-order chi connectivity index (χ0) is 18.5. The predicted molar refractivity (Wildman–Crippen MR) is 109 cm³/mol. The number of carboxylic acid groups (broad SMARTS) is 1. The Morgan fingerprint density at radius 3 is 2.38 bits per heavy atom. The molecule has 3 aromatic rings. The number of nitrogen functional groups attached to an aromatic ring is 1. The van der Waals surface area contributed by atoms with Crippen molar-refractivity contribution >= 4 is 35.2 Å². The summed E-state index contributed by atoms with van der Waals surface area (Å²) in [5.41, 5.74) is 9.29. The lowest BCUT2D eigenvalue weighted by atomic mass is 10.2. The molecule has 0 amide bonds. The van der Waals surface area contributed by atoms with E-state index in [1.807, 2.05) is 25.1 Å². The van der Waals surface area contributed by atoms with Crippen molar-refractivity contribution in [1.82, 2.24) is 0 Å². The van der Waals surface area contributed by atoms with Gasteiger partial charge >= 0.3 is 5.97 Å². The van der Waals surface area contributed by atoms with E-state index in [0.717, 1.165) is 20.4 Å². The second-order valence-electron chi connectivity index (χ2n) is 5.89. The molecule has 0 atom stereocenters. The van der Waals surface area contributed by atoms with Gasteiger partial charge in [0.2, 0.25) is 0 Å². The first-order valence-corrected chi connectivity index (χ1v) is 9.91. The summed E-state index contributed by atoms with van der Waals surface area (Å²) in [6.45, 7) is 2.05. The van der Waals surface area contributed by atoms with Crippen LogP contribution in [-0.2, 0) is 5.75 Å². The Morgan fingerprint density at radius 2 is 1.73 bits per heavy atom. The van der Waals surface area contributed by atoms with Crippen molar-refractivity contribution in [2.75, 3.05) is 5.73 Å². The molecular formula is C21H19NO2S2. The summed E-state index contributed by atoms with van der Waals surface area (Å²) in [5, 5.41) is 9.36. The van der Waals surface area contributed by atoms with E-state index in [-0.39, 0.29) is 5.56 Å². The summed E-state index contributed by atoms with van der Waals surface area (Å²) in [4.78, 5) is 14.3. The van der Waals surface area contributed by atoms with Gasteiger partial charge in [-0.25, -0.2) is 4.79 Å². The maximum Gasteiger partial charge on any atom is 0.335 e. The van der Waals surface area contributed by atoms with Crippen LogP contribution in [0.1, 0.15) is 21.5 Å². The van der Waals surface area contributed by atoms with Crippen LogP contribution in [0.15, 0.2) is 81.4 Å². The second-order valence-corrected chi connectivity index (χ2v) is 7.99. The first kappa shape index (κ1) is 18.4. The predicted octanol–water partition coefficient (Wildman–Crippen LogP) is 5.72. The Balaban J connectivity index is 1.92. The van der Waals surface area contributed by atoms with Gasteiger partial charge in [-0.3, -0.25) is 0 Å². The standard InChI is InChI=1S/C21H19NO2S2/c1-14-7-9-17(10-8-14)26-20-18(22)11-16(21(23)24)12-19(20)25-13-15-5-3-2-4-6-15/h2-12H,13,22H2,1H3,(H,23,24). The highest BCUT2D eigenvalue weighted by Gasteiger charge is 2.15. The van der Waals surface area contributed by atoms with Gasteiger partial charge < -0.3 is 10.8 Å². The summed E-state index contributed by atoms with van der Waals surface area (Å²) in [5.74, 6) is -0.213. The van der Waals surface area contributed by atoms with Crippen LogP contribution in [0.25, 0.3) is 0 Å². The Kier molecular flexibility index (Phi) is 5.91. The highest BCUT2D eigenvalue weighted by Crippen LogP contribution is 2.41. The van der Waals surface area contributed by atoms with E-state index in [1.54, 1.807) is 29.6 Å². The summed E-state index contributed by atoms with van der Waals surface area (Å²) < 4.78 is 0. The van der Waals surface area contributed by atoms with Gasteiger partial charge in [0.15, 0.2) is 0 Å². The fourth-order valence-corrected chi connectivity index (χ4v) is 4.54. The number of hydrogen-bond donors (Lipinski definition) is 2. The van der Waals surface area contributed by atoms with E-state index in [4.69, 9.17) is 5.73 Å². The monoisotopic (exact) mass is 381 g/mol. The summed E-state index contributed by atoms with van der Waals surface area (Å²) in [6.07, 6.45) is 0. The fraction of sp³-hybridized carbons (Fsp3) is 0.0952. The highest BCUT2D eigenvalue weighted by atomic mass is 32.2. The lowest BCUT2D eigenvalue weighted by Gasteiger charge is -2.13. The molecule has 3 N–H and O–H groups in total. The molecule has 0 aliphatic rings. The molecular weight excluding hydrogens is 362 g/mol. The number of carbonyl (C=O) groups is 1. The fourth-order valence-electron chi connectivity index (χ4n) is 2.42. The third-order valence-electron chi connectivity index (χ3n) is 3.81. The summed E-state index contributed by atoms with van der Waals surface area (Å²) in [7, 11) is 0. The van der Waals surface area contributed by atoms with Gasteiger partial charge in [-0.2, -0.15) is 0 Å². The lowest BCUT2D eigenvalue weighted by molar-refractivity contribution is 0.0696. The van der Waals surface area contributed by atoms with Crippen molar-refractivity contribution in [2.24, 2.45) is 0 Å². The molecule has 0 bridgehead atoms. The molecule has 0 saturated carbocycles. The van der Waals surface area contributed by atoms with E-state index >= 15 is 0 Å². The van der Waals surface area contributed by atoms with Crippen LogP contribution >= 0.6 is 23.5 Å². The molecule has 0 radical (unpaired) electrons. The summed E-state index contributed by atoms with van der Waals surface area (Å²) >= 11 is 3.17. The van der Waals surface area contributed by atoms with Crippen LogP contribution < -0.4 is 5.73 Å². The van der Waals surface area contributed by atoms with Crippen molar-refractivity contribution in [3.63, 3.8) is 0 Å². The molecule has 0 fully saturated rings. The third kappa shape index (κ3) is 4.62. The van der Waals surface area contributed by atoms with Gasteiger partial charge in [-0.1, -0.05) is 59.8 Å². The topological polar surface area (TPSA) is 63.3 Å². The van der Waals surface area contributed by atoms with E-state index in [1.165, 1.54) is 17.2 Å². The number of aromatic carboxylic acids is 1. The Bertz CT molecular complexity index is 909. The number of benzene rings is 3.